The molecule has 0 aliphatic carbocycles. The molecule has 0 amide bonds. The van der Waals surface area contributed by atoms with Gasteiger partial charge in [0.1, 0.15) is 11.6 Å². The summed E-state index contributed by atoms with van der Waals surface area (Å²) in [7, 11) is 0. The molecule has 3 nitrogen and oxygen atoms in total. The molecule has 3 rings (SSSR count). The van der Waals surface area contributed by atoms with E-state index in [-0.39, 0.29) is 11.2 Å². The van der Waals surface area contributed by atoms with Crippen LogP contribution in [-0.2, 0) is 5.41 Å². The zero-order chi connectivity index (χ0) is 16.6. The second-order valence-electron chi connectivity index (χ2n) is 6.81. The third kappa shape index (κ3) is 3.16. The molecule has 0 radical (unpaired) electrons. The van der Waals surface area contributed by atoms with Crippen LogP contribution in [0.25, 0.3) is 10.8 Å². The molecule has 0 bridgehead atoms. The first kappa shape index (κ1) is 15.4. The fourth-order valence-electron chi connectivity index (χ4n) is 2.77. The van der Waals surface area contributed by atoms with Crippen molar-refractivity contribution in [2.75, 3.05) is 5.32 Å². The van der Waals surface area contributed by atoms with Crippen molar-refractivity contribution in [3.8, 4) is 0 Å². The molecule has 0 saturated heterocycles. The summed E-state index contributed by atoms with van der Waals surface area (Å²) in [6, 6.07) is 7.21. The van der Waals surface area contributed by atoms with Crippen LogP contribution in [0.15, 0.2) is 42.9 Å². The predicted octanol–water partition coefficient (Wildman–Crippen LogP) is 5.12. The number of fused-ring (bicyclic) bond motifs is 1. The number of hydrogen-bond donors (Lipinski definition) is 1. The molecule has 0 fully saturated rings. The number of nitrogens with zero attached hydrogens (tertiary/aromatic N) is 2. The van der Waals surface area contributed by atoms with Crippen LogP contribution in [0.1, 0.15) is 31.9 Å². The summed E-state index contributed by atoms with van der Waals surface area (Å²) in [6.45, 7) is 8.56. The lowest BCUT2D eigenvalue weighted by Crippen LogP contribution is -2.14. The van der Waals surface area contributed by atoms with Crippen molar-refractivity contribution < 1.29 is 4.39 Å². The van der Waals surface area contributed by atoms with E-state index in [0.29, 0.717) is 16.9 Å². The Balaban J connectivity index is 1.99. The monoisotopic (exact) mass is 309 g/mol. The van der Waals surface area contributed by atoms with Crippen LogP contribution in [0.3, 0.4) is 0 Å². The molecule has 0 aliphatic rings. The predicted molar refractivity (Wildman–Crippen MR) is 92.7 cm³/mol. The summed E-state index contributed by atoms with van der Waals surface area (Å²) in [6.07, 6.45) is 5.05. The largest absolute Gasteiger partial charge is 0.340 e. The van der Waals surface area contributed by atoms with Gasteiger partial charge in [-0.05, 0) is 53.1 Å². The number of rotatable bonds is 2. The third-order valence-electron chi connectivity index (χ3n) is 3.89. The van der Waals surface area contributed by atoms with Gasteiger partial charge in [0, 0.05) is 29.7 Å². The van der Waals surface area contributed by atoms with Crippen LogP contribution < -0.4 is 5.32 Å². The number of aryl methyl sites for hydroxylation is 1. The maximum absolute atomic E-state index is 14.2. The molecular weight excluding hydrogens is 289 g/mol. The van der Waals surface area contributed by atoms with Gasteiger partial charge in [0.05, 0.1) is 0 Å². The van der Waals surface area contributed by atoms with E-state index in [1.807, 2.05) is 18.3 Å². The molecule has 0 saturated carbocycles. The van der Waals surface area contributed by atoms with Gasteiger partial charge in [0.2, 0.25) is 0 Å². The van der Waals surface area contributed by atoms with Crippen molar-refractivity contribution in [1.29, 1.82) is 0 Å². The molecule has 23 heavy (non-hydrogen) atoms. The van der Waals surface area contributed by atoms with Crippen molar-refractivity contribution in [1.82, 2.24) is 9.97 Å². The Kier molecular flexibility index (Phi) is 3.76. The smallest absolute Gasteiger partial charge is 0.134 e. The molecule has 1 N–H and O–H groups in total. The number of halogens is 1. The SMILES string of the molecule is Cc1cnc(Nc2cc(F)c3cnccc3c2)cc1C(C)(C)C. The molecule has 2 heterocycles. The highest BCUT2D eigenvalue weighted by Crippen LogP contribution is 2.29. The molecule has 0 spiro atoms. The fraction of sp³-hybridized carbons (Fsp3) is 0.263. The normalized spacial score (nSPS) is 11.7. The van der Waals surface area contributed by atoms with Crippen LogP contribution in [0.5, 0.6) is 0 Å². The van der Waals surface area contributed by atoms with Crippen molar-refractivity contribution in [2.45, 2.75) is 33.1 Å². The summed E-state index contributed by atoms with van der Waals surface area (Å²) in [5, 5.41) is 4.53. The first-order chi connectivity index (χ1) is 10.8. The Morgan fingerprint density at radius 3 is 2.61 bits per heavy atom. The quantitative estimate of drug-likeness (QED) is 0.714. The minimum absolute atomic E-state index is 0.0315. The van der Waals surface area contributed by atoms with Crippen LogP contribution in [0, 0.1) is 12.7 Å². The number of anilines is 2. The molecule has 4 heteroatoms. The van der Waals surface area contributed by atoms with Gasteiger partial charge in [-0.15, -0.1) is 0 Å². The van der Waals surface area contributed by atoms with Gasteiger partial charge in [-0.3, -0.25) is 4.98 Å². The number of pyridine rings is 2. The van der Waals surface area contributed by atoms with E-state index in [9.17, 15) is 4.39 Å². The zero-order valence-electron chi connectivity index (χ0n) is 13.8. The Morgan fingerprint density at radius 1 is 1.09 bits per heavy atom. The van der Waals surface area contributed by atoms with Crippen molar-refractivity contribution >= 4 is 22.3 Å². The Labute approximate surface area is 135 Å². The molecule has 3 aromatic rings. The van der Waals surface area contributed by atoms with Crippen LogP contribution in [0.4, 0.5) is 15.9 Å². The molecule has 1 aromatic carbocycles. The number of hydrogen-bond acceptors (Lipinski definition) is 3. The average molecular weight is 309 g/mol. The first-order valence-electron chi connectivity index (χ1n) is 7.62. The molecule has 118 valence electrons. The summed E-state index contributed by atoms with van der Waals surface area (Å²) >= 11 is 0. The van der Waals surface area contributed by atoms with Crippen molar-refractivity contribution in [3.63, 3.8) is 0 Å². The number of benzene rings is 1. The van der Waals surface area contributed by atoms with Gasteiger partial charge in [0.15, 0.2) is 0 Å². The molecule has 0 aliphatic heterocycles. The standard InChI is InChI=1S/C19H20FN3/c1-12-10-22-18(9-16(12)19(2,3)4)23-14-7-13-5-6-21-11-15(13)17(20)8-14/h5-11H,1-4H3,(H,22,23). The summed E-state index contributed by atoms with van der Waals surface area (Å²) in [5.41, 5.74) is 3.08. The van der Waals surface area contributed by atoms with Gasteiger partial charge < -0.3 is 5.32 Å². The van der Waals surface area contributed by atoms with Crippen LogP contribution >= 0.6 is 0 Å². The summed E-state index contributed by atoms with van der Waals surface area (Å²) in [5.74, 6) is 0.426. The van der Waals surface area contributed by atoms with Crippen LogP contribution in [-0.4, -0.2) is 9.97 Å². The van der Waals surface area contributed by atoms with Gasteiger partial charge >= 0.3 is 0 Å². The van der Waals surface area contributed by atoms with Crippen LogP contribution in [0.2, 0.25) is 0 Å². The minimum atomic E-state index is -0.291. The van der Waals surface area contributed by atoms with E-state index in [1.165, 1.54) is 17.8 Å². The van der Waals surface area contributed by atoms with E-state index in [1.54, 1.807) is 12.3 Å². The highest BCUT2D eigenvalue weighted by atomic mass is 19.1. The number of aromatic nitrogens is 2. The number of nitrogens with one attached hydrogen (secondary N) is 1. The van der Waals surface area contributed by atoms with E-state index < -0.39 is 0 Å². The maximum Gasteiger partial charge on any atom is 0.134 e. The van der Waals surface area contributed by atoms with E-state index in [4.69, 9.17) is 0 Å². The summed E-state index contributed by atoms with van der Waals surface area (Å²) in [4.78, 5) is 8.37. The Morgan fingerprint density at radius 2 is 1.87 bits per heavy atom. The molecule has 2 aromatic heterocycles. The molecular formula is C19H20FN3. The first-order valence-corrected chi connectivity index (χ1v) is 7.62. The fourth-order valence-corrected chi connectivity index (χ4v) is 2.77. The lowest BCUT2D eigenvalue weighted by Gasteiger charge is -2.22. The van der Waals surface area contributed by atoms with E-state index in [2.05, 4.69) is 43.0 Å². The summed E-state index contributed by atoms with van der Waals surface area (Å²) < 4.78 is 14.2. The molecule has 0 atom stereocenters. The lowest BCUT2D eigenvalue weighted by atomic mass is 9.85. The third-order valence-corrected chi connectivity index (χ3v) is 3.89. The van der Waals surface area contributed by atoms with Crippen molar-refractivity contribution in [2.24, 2.45) is 0 Å². The highest BCUT2D eigenvalue weighted by Gasteiger charge is 2.17. The molecule has 0 unspecified atom stereocenters. The van der Waals surface area contributed by atoms with Gasteiger partial charge in [-0.2, -0.15) is 0 Å². The van der Waals surface area contributed by atoms with E-state index >= 15 is 0 Å². The van der Waals surface area contributed by atoms with E-state index in [0.717, 1.165) is 10.9 Å². The van der Waals surface area contributed by atoms with Gasteiger partial charge in [-0.25, -0.2) is 9.37 Å². The Hall–Kier alpha value is -2.49. The van der Waals surface area contributed by atoms with Gasteiger partial charge in [0.25, 0.3) is 0 Å². The second kappa shape index (κ2) is 5.61. The minimum Gasteiger partial charge on any atom is -0.340 e. The topological polar surface area (TPSA) is 37.8 Å². The zero-order valence-corrected chi connectivity index (χ0v) is 13.8. The maximum atomic E-state index is 14.2. The lowest BCUT2D eigenvalue weighted by molar-refractivity contribution is 0.585. The van der Waals surface area contributed by atoms with Crippen molar-refractivity contribution in [3.05, 3.63) is 59.8 Å². The second-order valence-corrected chi connectivity index (χ2v) is 6.81. The highest BCUT2D eigenvalue weighted by molar-refractivity contribution is 5.86. The Bertz CT molecular complexity index is 866. The van der Waals surface area contributed by atoms with Gasteiger partial charge in [-0.1, -0.05) is 20.8 Å². The average Bonchev–Trinajstić information content (AvgIpc) is 2.48.